The molecule has 7 rings (SSSR count). The number of hydrogen-bond donors (Lipinski definition) is 1. The number of cyclic esters (lactones) is 1. The lowest BCUT2D eigenvalue weighted by molar-refractivity contribution is -0.346. The molecule has 6 fully saturated rings. The molecule has 4 aliphatic heterocycles. The topological polar surface area (TPSA) is 226 Å². The molecule has 0 radical (unpaired) electrons. The standard InChI is InChI=1S/C68H103NO17/c1-40-21-17-16-18-22-41(2)54(78-13)35-50-26-24-46(7)68(77,86-50)60(73)61(74)69-30-20-19-23-51(69)62(75)84-55(36-52(71)42(3)32-45(6)58(83-47(8)70)59(80-15)57(72)44(5)31-40)43(4)33-48-25-27-53(56(34-48)79-14)85-63(76)65(11)38-81-67(82-39-65)37-49-28-29-66(67,12)64(49,9)10/h16-18,21-22,32,40,42-44,46,48-51,53-56,58-59,77H,19-20,23-31,33-39H2,1-15H3/b18-16+,21-17+,41-22+,45-32+/t40-,42-,43-,44-,46-,48+,49?,50+,51+,53-,54+,55+,56-,58-,59+,65?,66?,67?,68-/m1/s1. The Hall–Kier alpha value is -4.43. The number of ketones is 3. The molecule has 0 aromatic rings. The van der Waals surface area contributed by atoms with Crippen LogP contribution in [0.25, 0.3) is 0 Å². The number of ether oxygens (including phenoxy) is 9. The Morgan fingerprint density at radius 2 is 1.50 bits per heavy atom. The number of piperidine rings is 1. The molecule has 1 amide bonds. The smallest absolute Gasteiger partial charge is 0.329 e. The highest BCUT2D eigenvalue weighted by Crippen LogP contribution is 2.72. The van der Waals surface area contributed by atoms with Crippen LogP contribution in [-0.2, 0) is 76.2 Å². The van der Waals surface area contributed by atoms with Gasteiger partial charge in [-0.3, -0.25) is 28.8 Å². The van der Waals surface area contributed by atoms with Crippen LogP contribution in [0.1, 0.15) is 179 Å². The van der Waals surface area contributed by atoms with E-state index in [1.54, 1.807) is 41.1 Å². The zero-order valence-corrected chi connectivity index (χ0v) is 54.3. The molecule has 1 spiro atoms. The molecule has 7 aliphatic rings. The number of amides is 1. The summed E-state index contributed by atoms with van der Waals surface area (Å²) < 4.78 is 55.8. The zero-order chi connectivity index (χ0) is 63.3. The summed E-state index contributed by atoms with van der Waals surface area (Å²) in [6, 6.07) is -1.20. The molecule has 18 nitrogen and oxygen atoms in total. The molecule has 3 saturated heterocycles. The van der Waals surface area contributed by atoms with Crippen LogP contribution in [0.5, 0.6) is 0 Å². The van der Waals surface area contributed by atoms with Crippen LogP contribution < -0.4 is 0 Å². The van der Waals surface area contributed by atoms with Crippen LogP contribution in [0.15, 0.2) is 47.6 Å². The monoisotopic (exact) mass is 1210 g/mol. The maximum atomic E-state index is 14.8. The number of fused-ring (bicyclic) bond motifs is 6. The first-order valence-corrected chi connectivity index (χ1v) is 32.0. The molecule has 3 aliphatic carbocycles. The van der Waals surface area contributed by atoms with Crippen molar-refractivity contribution in [1.29, 1.82) is 0 Å². The fourth-order valence-corrected chi connectivity index (χ4v) is 15.2. The van der Waals surface area contributed by atoms with Gasteiger partial charge in [-0.15, -0.1) is 0 Å². The van der Waals surface area contributed by atoms with Gasteiger partial charge in [0.25, 0.3) is 11.7 Å². The predicted molar refractivity (Wildman–Crippen MR) is 321 cm³/mol. The molecule has 18 heteroatoms. The van der Waals surface area contributed by atoms with E-state index in [-0.39, 0.29) is 66.8 Å². The molecule has 482 valence electrons. The van der Waals surface area contributed by atoms with Crippen molar-refractivity contribution in [2.24, 2.45) is 57.7 Å². The van der Waals surface area contributed by atoms with E-state index in [2.05, 4.69) is 20.8 Å². The molecule has 0 aromatic heterocycles. The SMILES string of the molecule is CO[C@H]1C[C@@H]2CC[C@@H](C)[C@@](O)(O2)C(=O)C(=O)N2CCCC[C@H]2C(=O)O[C@H]([C@H](C)C[C@@H]2CC[C@@H](OC(=O)C3(C)COC4(CC5CCC4(C)C5(C)C)OC3)[C@H](OC)C2)CC(=O)[C@H](C)/C=C(\C)[C@@H](OC(C)=O)[C@@H](OC)C(=O)[C@H](C)C[C@H](C)/C=C/C=C/C=C/1C. The van der Waals surface area contributed by atoms with Crippen molar-refractivity contribution in [3.8, 4) is 0 Å². The average Bonchev–Trinajstić information content (AvgIpc) is 1.52. The Balaban J connectivity index is 1.13. The number of allylic oxidation sites excluding steroid dienone is 6. The van der Waals surface area contributed by atoms with Gasteiger partial charge in [0.15, 0.2) is 23.8 Å². The van der Waals surface area contributed by atoms with E-state index in [9.17, 15) is 38.7 Å². The van der Waals surface area contributed by atoms with Crippen molar-refractivity contribution in [2.45, 2.75) is 240 Å². The van der Waals surface area contributed by atoms with E-state index >= 15 is 0 Å². The highest BCUT2D eigenvalue weighted by molar-refractivity contribution is 6.39. The van der Waals surface area contributed by atoms with Gasteiger partial charge >= 0.3 is 17.9 Å². The summed E-state index contributed by atoms with van der Waals surface area (Å²) in [4.78, 5) is 101. The maximum absolute atomic E-state index is 14.8. The van der Waals surface area contributed by atoms with Crippen molar-refractivity contribution in [2.75, 3.05) is 41.1 Å². The largest absolute Gasteiger partial charge is 0.460 e. The Kier molecular flexibility index (Phi) is 23.0. The minimum Gasteiger partial charge on any atom is -0.460 e. The first-order chi connectivity index (χ1) is 40.5. The van der Waals surface area contributed by atoms with Crippen LogP contribution >= 0.6 is 0 Å². The molecule has 4 bridgehead atoms. The number of nitrogens with zero attached hydrogens (tertiary/aromatic N) is 1. The van der Waals surface area contributed by atoms with Gasteiger partial charge in [-0.1, -0.05) is 91.8 Å². The molecular formula is C68H103NO17. The van der Waals surface area contributed by atoms with E-state index in [1.165, 1.54) is 18.9 Å². The van der Waals surface area contributed by atoms with Crippen LogP contribution in [-0.4, -0.2) is 153 Å². The van der Waals surface area contributed by atoms with E-state index in [0.29, 0.717) is 75.7 Å². The average molecular weight is 1210 g/mol. The molecule has 17 atom stereocenters. The van der Waals surface area contributed by atoms with Gasteiger partial charge < -0.3 is 52.6 Å². The third-order valence-electron chi connectivity index (χ3n) is 21.5. The first-order valence-electron chi connectivity index (χ1n) is 32.0. The summed E-state index contributed by atoms with van der Waals surface area (Å²) in [5, 5.41) is 12.1. The van der Waals surface area contributed by atoms with Gasteiger partial charge in [0.2, 0.25) is 5.79 Å². The number of aliphatic hydroxyl groups is 1. The van der Waals surface area contributed by atoms with Crippen molar-refractivity contribution >= 4 is 41.2 Å². The van der Waals surface area contributed by atoms with E-state index in [4.69, 9.17) is 42.6 Å². The Bertz CT molecular complexity index is 2580. The van der Waals surface area contributed by atoms with Crippen molar-refractivity contribution in [3.63, 3.8) is 0 Å². The van der Waals surface area contributed by atoms with Gasteiger partial charge in [-0.2, -0.15) is 0 Å². The number of methoxy groups -OCH3 is 3. The summed E-state index contributed by atoms with van der Waals surface area (Å²) in [6.07, 6.45) is 13.4. The van der Waals surface area contributed by atoms with E-state index in [0.717, 1.165) is 24.8 Å². The number of Topliss-reactive ketones (excluding diaryl/α,β-unsaturated/α-hetero) is 3. The fraction of sp³-hybridized carbons (Fsp3) is 0.779. The molecule has 3 saturated carbocycles. The van der Waals surface area contributed by atoms with Gasteiger partial charge in [-0.25, -0.2) is 4.79 Å². The Morgan fingerprint density at radius 1 is 0.791 bits per heavy atom. The Labute approximate surface area is 511 Å². The second-order valence-electron chi connectivity index (χ2n) is 27.9. The quantitative estimate of drug-likeness (QED) is 0.0980. The number of carbonyl (C=O) groups is 7. The van der Waals surface area contributed by atoms with Crippen molar-refractivity contribution in [1.82, 2.24) is 4.90 Å². The minimum atomic E-state index is -2.47. The molecule has 1 N–H and O–H groups in total. The first kappa shape index (κ1) is 69.1. The molecule has 86 heavy (non-hydrogen) atoms. The Morgan fingerprint density at radius 3 is 2.13 bits per heavy atom. The van der Waals surface area contributed by atoms with Gasteiger partial charge in [0.1, 0.15) is 29.4 Å². The number of carbonyl (C=O) groups excluding carboxylic acids is 7. The maximum Gasteiger partial charge on any atom is 0.329 e. The van der Waals surface area contributed by atoms with Gasteiger partial charge in [-0.05, 0) is 138 Å². The van der Waals surface area contributed by atoms with Crippen LogP contribution in [0.2, 0.25) is 0 Å². The lowest BCUT2D eigenvalue weighted by atomic mass is 9.68. The van der Waals surface area contributed by atoms with Crippen LogP contribution in [0.3, 0.4) is 0 Å². The summed E-state index contributed by atoms with van der Waals surface area (Å²) >= 11 is 0. The van der Waals surface area contributed by atoms with Gasteiger partial charge in [0.05, 0.1) is 31.5 Å². The summed E-state index contributed by atoms with van der Waals surface area (Å²) in [7, 11) is 4.56. The third-order valence-corrected chi connectivity index (χ3v) is 21.5. The highest BCUT2D eigenvalue weighted by Gasteiger charge is 2.72. The van der Waals surface area contributed by atoms with E-state index in [1.807, 2.05) is 65.0 Å². The number of esters is 3. The third kappa shape index (κ3) is 14.7. The number of rotatable bonds is 9. The summed E-state index contributed by atoms with van der Waals surface area (Å²) in [6.45, 7) is 23.0. The molecular weight excluding hydrogens is 1100 g/mol. The summed E-state index contributed by atoms with van der Waals surface area (Å²) in [5.41, 5.74) is 0.142. The second-order valence-corrected chi connectivity index (χ2v) is 27.9. The fourth-order valence-electron chi connectivity index (χ4n) is 15.2. The molecule has 0 aromatic carbocycles. The number of hydrogen-bond acceptors (Lipinski definition) is 17. The highest BCUT2D eigenvalue weighted by atomic mass is 16.7. The van der Waals surface area contributed by atoms with E-state index < -0.39 is 119 Å². The van der Waals surface area contributed by atoms with Crippen molar-refractivity contribution < 1.29 is 81.3 Å². The predicted octanol–water partition coefficient (Wildman–Crippen LogP) is 9.90. The molecule has 2 unspecified atom stereocenters. The lowest BCUT2D eigenvalue weighted by Crippen LogP contribution is -2.61. The summed E-state index contributed by atoms with van der Waals surface area (Å²) in [5.74, 6) is -9.90. The van der Waals surface area contributed by atoms with Crippen LogP contribution in [0.4, 0.5) is 0 Å². The van der Waals surface area contributed by atoms with Crippen LogP contribution in [0, 0.1) is 57.7 Å². The van der Waals surface area contributed by atoms with Gasteiger partial charge in [0, 0.05) is 77.2 Å². The van der Waals surface area contributed by atoms with Crippen molar-refractivity contribution in [3.05, 3.63) is 47.6 Å². The zero-order valence-electron chi connectivity index (χ0n) is 54.3. The normalized spacial score (nSPS) is 42.3. The second kappa shape index (κ2) is 28.6. The molecule has 4 heterocycles. The minimum absolute atomic E-state index is 0.00988. The lowest BCUT2D eigenvalue weighted by Gasteiger charge is -2.52.